The molecule has 0 saturated carbocycles. The van der Waals surface area contributed by atoms with E-state index in [2.05, 4.69) is 181 Å². The molecule has 18 rings (SSSR count). The largest absolute Gasteiger partial charge is 0.510 e. The van der Waals surface area contributed by atoms with Crippen LogP contribution in [0.3, 0.4) is 0 Å². The maximum absolute atomic E-state index is 9.82. The molecule has 3 aromatic heterocycles. The molecule has 0 radical (unpaired) electrons. The van der Waals surface area contributed by atoms with Crippen molar-refractivity contribution in [2.75, 3.05) is 0 Å². The van der Waals surface area contributed by atoms with Crippen LogP contribution in [0, 0.1) is 23.9 Å². The Hall–Kier alpha value is -9.67. The summed E-state index contributed by atoms with van der Waals surface area (Å²) in [7, 11) is 0. The van der Waals surface area contributed by atoms with Gasteiger partial charge in [-0.15, -0.1) is 29.7 Å². The van der Waals surface area contributed by atoms with E-state index in [0.29, 0.717) is 39.3 Å². The van der Waals surface area contributed by atoms with Gasteiger partial charge in [-0.3, -0.25) is 4.57 Å². The fourth-order valence-electron chi connectivity index (χ4n) is 18.4. The summed E-state index contributed by atoms with van der Waals surface area (Å²) in [5, 5.41) is 2.01. The van der Waals surface area contributed by atoms with Crippen LogP contribution in [0.4, 0.5) is 0 Å². The van der Waals surface area contributed by atoms with Gasteiger partial charge in [0.2, 0.25) is 0 Å². The topological polar surface area (TPSA) is 35.9 Å². The Morgan fingerprint density at radius 2 is 1.00 bits per heavy atom. The van der Waals surface area contributed by atoms with E-state index in [1.54, 1.807) is 15.2 Å². The van der Waals surface area contributed by atoms with Crippen LogP contribution in [0.5, 0.6) is 11.5 Å². The van der Waals surface area contributed by atoms with Crippen LogP contribution in [0.25, 0.3) is 83.4 Å². The molecule has 5 atom stereocenters. The maximum atomic E-state index is 9.82. The van der Waals surface area contributed by atoms with Gasteiger partial charge in [0, 0.05) is 71.4 Å². The first kappa shape index (κ1) is 45.6. The van der Waals surface area contributed by atoms with Gasteiger partial charge in [-0.2, -0.15) is 18.2 Å². The number of fused-ring (bicyclic) bond motifs is 16. The molecule has 442 valence electrons. The summed E-state index contributed by atoms with van der Waals surface area (Å²) in [6.07, 6.45) is 5.43. The average molecular weight is 1360 g/mol. The summed E-state index contributed by atoms with van der Waals surface area (Å²) >= 11 is 0. The zero-order valence-corrected chi connectivity index (χ0v) is 53.3. The molecule has 0 amide bonds. The number of nitrogens with zero attached hydrogens (tertiary/aromatic N) is 4. The predicted octanol–water partition coefficient (Wildman–Crippen LogP) is 19.5. The van der Waals surface area contributed by atoms with Gasteiger partial charge in [0.1, 0.15) is 5.82 Å². The van der Waals surface area contributed by atoms with Gasteiger partial charge in [0.15, 0.2) is 0 Å². The number of para-hydroxylation sites is 3. The number of hydrogen-bond acceptors (Lipinski definition) is 2. The van der Waals surface area contributed by atoms with Gasteiger partial charge < -0.3 is 13.9 Å². The minimum atomic E-state index is -0.674. The molecule has 14 aromatic rings. The minimum absolute atomic E-state index is 0. The number of rotatable bonds is 8. The Labute approximate surface area is 560 Å². The molecule has 1 spiro atoms. The summed E-state index contributed by atoms with van der Waals surface area (Å²) in [4.78, 5) is 4.87. The Morgan fingerprint density at radius 1 is 0.473 bits per heavy atom. The smallest absolute Gasteiger partial charge is 0.268 e. The first-order chi connectivity index (χ1) is 47.9. The van der Waals surface area contributed by atoms with Crippen molar-refractivity contribution in [3.8, 4) is 62.1 Å². The first-order valence-corrected chi connectivity index (χ1v) is 30.8. The van der Waals surface area contributed by atoms with Crippen molar-refractivity contribution in [2.24, 2.45) is 5.41 Å². The molecule has 11 aromatic carbocycles. The van der Waals surface area contributed by atoms with Gasteiger partial charge in [0.25, 0.3) is 6.33 Å². The second kappa shape index (κ2) is 19.4. The summed E-state index contributed by atoms with van der Waals surface area (Å²) in [5.41, 5.74) is 12.8. The number of benzene rings is 11. The molecule has 5 nitrogen and oxygen atoms in total. The number of hydrogen-bond donors (Lipinski definition) is 0. The van der Waals surface area contributed by atoms with E-state index in [-0.39, 0.29) is 54.4 Å². The third kappa shape index (κ3) is 7.00. The van der Waals surface area contributed by atoms with Gasteiger partial charge in [-0.1, -0.05) is 242 Å². The first-order valence-electron chi connectivity index (χ1n) is 35.8. The van der Waals surface area contributed by atoms with Crippen LogP contribution in [-0.2, 0) is 48.1 Å². The third-order valence-electron chi connectivity index (χ3n) is 21.5. The number of pyridine rings is 1. The molecule has 91 heavy (non-hydrogen) atoms. The van der Waals surface area contributed by atoms with E-state index in [4.69, 9.17) is 12.5 Å². The third-order valence-corrected chi connectivity index (χ3v) is 21.5. The van der Waals surface area contributed by atoms with E-state index in [9.17, 15) is 11.0 Å². The SMILES string of the molecule is [2H]c1c([2H])c([2H])c(-c2cc(-c3ccc4c(c3)C3(C)c5ccccc5C5(C)c6ccccc6C6(C)c7ccccc7C4(C)C653)cc(-c3c([2H])c([2H])c([2H])c([2H])c3[2H])c2-[n+]2[c-]n(-c3[c-]c(Oc4[c-]c5c(cc4)c4ccccc4n5-c4cc(C(C)(C)C)ccn4)ccc3)c3ccccc32)c([2H])c1[2H].[Pt]. The van der Waals surface area contributed by atoms with Crippen molar-refractivity contribution >= 4 is 32.8 Å². The van der Waals surface area contributed by atoms with Gasteiger partial charge in [0.05, 0.1) is 30.4 Å². The van der Waals surface area contributed by atoms with E-state index >= 15 is 0 Å². The minimum Gasteiger partial charge on any atom is -0.510 e. The molecule has 4 aliphatic rings. The summed E-state index contributed by atoms with van der Waals surface area (Å²) in [5.74, 6) is 1.52. The zero-order chi connectivity index (χ0) is 69.4. The molecule has 6 heteroatoms. The Morgan fingerprint density at radius 3 is 1.59 bits per heavy atom. The van der Waals surface area contributed by atoms with Crippen LogP contribution < -0.4 is 9.30 Å². The molecule has 0 aliphatic heterocycles. The maximum Gasteiger partial charge on any atom is 0.268 e. The van der Waals surface area contributed by atoms with E-state index in [0.717, 1.165) is 38.8 Å². The van der Waals surface area contributed by atoms with Crippen molar-refractivity contribution in [1.29, 1.82) is 0 Å². The molecular formula is C85H64N4OPt-2. The zero-order valence-electron chi connectivity index (χ0n) is 61.1. The molecular weight excluding hydrogens is 1290 g/mol. The van der Waals surface area contributed by atoms with Crippen LogP contribution in [0.15, 0.2) is 261 Å². The second-order valence-corrected chi connectivity index (χ2v) is 26.4. The number of ether oxygens (including phenoxy) is 1. The monoisotopic (exact) mass is 1360 g/mol. The summed E-state index contributed by atoms with van der Waals surface area (Å²) < 4.78 is 106. The molecule has 0 fully saturated rings. The van der Waals surface area contributed by atoms with Crippen molar-refractivity contribution in [3.05, 3.63) is 329 Å². The van der Waals surface area contributed by atoms with Crippen LogP contribution in [-0.4, -0.2) is 14.1 Å². The molecule has 3 heterocycles. The Balaban J connectivity index is 0.00000760. The van der Waals surface area contributed by atoms with E-state index in [1.165, 1.54) is 38.9 Å². The Bertz CT molecular complexity index is 5830. The molecule has 0 saturated heterocycles. The van der Waals surface area contributed by atoms with Crippen LogP contribution in [0.1, 0.15) is 112 Å². The molecule has 4 aliphatic carbocycles. The molecule has 0 N–H and O–H groups in total. The van der Waals surface area contributed by atoms with Crippen LogP contribution in [0.2, 0.25) is 0 Å². The number of aromatic nitrogens is 4. The van der Waals surface area contributed by atoms with E-state index < -0.39 is 87.5 Å². The van der Waals surface area contributed by atoms with Gasteiger partial charge in [-0.25, -0.2) is 4.98 Å². The normalized spacial score (nSPS) is 22.8. The van der Waals surface area contributed by atoms with Crippen LogP contribution >= 0.6 is 0 Å². The van der Waals surface area contributed by atoms with Crippen molar-refractivity contribution in [3.63, 3.8) is 0 Å². The van der Waals surface area contributed by atoms with Gasteiger partial charge >= 0.3 is 0 Å². The molecule has 0 bridgehead atoms. The Kier molecular flexibility index (Phi) is 9.72. The standard InChI is InChI=1S/C85H64N4O.Pt/c1-80(2,3)58-45-46-86-78(50-58)89-74-38-21-14-31-62(74)63-43-42-61(52-77(63)89)90-60-30-24-29-59(51-60)87-53-88(76-40-23-22-39-75(76)87)79-64(54-25-10-8-11-26-54)47-57(48-65(79)55-27-12-9-13-28-55)56-41-44-72-73(49-56)84(7)71-37-20-19-36-70(71)82(5)67-33-16-15-32-66(67)81(4)68-34-17-18-35-69(68)83(72,6)85(81,82)84;/h8-50H,1-7H3;/q-2;/i8D,9D,10D,11D,12D,13D,25D,26D,27D,28D;. The van der Waals surface area contributed by atoms with E-state index in [1.807, 2.05) is 85.1 Å². The second-order valence-electron chi connectivity index (χ2n) is 26.4. The van der Waals surface area contributed by atoms with Crippen molar-refractivity contribution < 1.29 is 44.1 Å². The van der Waals surface area contributed by atoms with Crippen molar-refractivity contribution in [1.82, 2.24) is 14.1 Å². The summed E-state index contributed by atoms with van der Waals surface area (Å²) in [6.45, 7) is 16.4. The fraction of sp³-hybridized carbons (Fsp3) is 0.153. The van der Waals surface area contributed by atoms with Crippen molar-refractivity contribution in [2.45, 2.75) is 75.5 Å². The number of imidazole rings is 1. The predicted molar refractivity (Wildman–Crippen MR) is 363 cm³/mol. The van der Waals surface area contributed by atoms with Gasteiger partial charge in [-0.05, 0) is 136 Å². The quantitative estimate of drug-likeness (QED) is 0.112. The fourth-order valence-corrected chi connectivity index (χ4v) is 18.4. The molecule has 5 unspecified atom stereocenters. The summed E-state index contributed by atoms with van der Waals surface area (Å²) in [6, 6.07) is 68.1. The average Bonchev–Trinajstić information content (AvgIpc) is 1.41.